The molecule has 0 atom stereocenters. The third kappa shape index (κ3) is 5.88. The first-order valence-electron chi connectivity index (χ1n) is 8.02. The van der Waals surface area contributed by atoms with Crippen LogP contribution in [0.5, 0.6) is 5.75 Å². The molecule has 0 heterocycles. The number of hydrogen-bond acceptors (Lipinski definition) is 3. The number of carbonyl (C=O) groups is 1. The maximum atomic E-state index is 12.6. The summed E-state index contributed by atoms with van der Waals surface area (Å²) in [6, 6.07) is 5.78. The summed E-state index contributed by atoms with van der Waals surface area (Å²) in [4.78, 5) is 14.8. The van der Waals surface area contributed by atoms with Gasteiger partial charge in [-0.05, 0) is 50.6 Å². The molecule has 0 unspecified atom stereocenters. The molecule has 0 fully saturated rings. The van der Waals surface area contributed by atoms with E-state index >= 15 is 0 Å². The lowest BCUT2D eigenvalue weighted by Crippen LogP contribution is -2.32. The number of benzene rings is 1. The van der Waals surface area contributed by atoms with Crippen LogP contribution in [0.4, 0.5) is 0 Å². The van der Waals surface area contributed by atoms with E-state index in [1.54, 1.807) is 7.11 Å². The minimum absolute atomic E-state index is 0.152. The Balaban J connectivity index is 2.75. The van der Waals surface area contributed by atoms with Crippen molar-refractivity contribution in [2.24, 2.45) is 0 Å². The predicted molar refractivity (Wildman–Crippen MR) is 88.3 cm³/mol. The molecule has 0 aliphatic carbocycles. The van der Waals surface area contributed by atoms with Gasteiger partial charge in [0.25, 0.3) is 0 Å². The number of aryl methyl sites for hydroxylation is 1. The summed E-state index contributed by atoms with van der Waals surface area (Å²) in [5.41, 5.74) is 1.80. The topological polar surface area (TPSA) is 29.5 Å². The number of carbonyl (C=O) groups excluding carboxylic acids is 1. The van der Waals surface area contributed by atoms with E-state index in [0.29, 0.717) is 17.9 Å². The first-order valence-corrected chi connectivity index (χ1v) is 8.02. The summed E-state index contributed by atoms with van der Waals surface area (Å²) in [5.74, 6) is 0.838. The van der Waals surface area contributed by atoms with Gasteiger partial charge in [-0.1, -0.05) is 32.8 Å². The monoisotopic (exact) mass is 291 g/mol. The maximum Gasteiger partial charge on any atom is 0.180 e. The highest BCUT2D eigenvalue weighted by Crippen LogP contribution is 2.20. The third-order valence-electron chi connectivity index (χ3n) is 3.68. The Morgan fingerprint density at radius 2 is 1.76 bits per heavy atom. The first-order chi connectivity index (χ1) is 10.1. The van der Waals surface area contributed by atoms with Crippen molar-refractivity contribution < 1.29 is 9.53 Å². The maximum absolute atomic E-state index is 12.6. The van der Waals surface area contributed by atoms with Gasteiger partial charge in [0.2, 0.25) is 0 Å². The molecule has 0 aromatic heterocycles. The zero-order valence-corrected chi connectivity index (χ0v) is 13.9. The van der Waals surface area contributed by atoms with E-state index in [1.807, 2.05) is 25.1 Å². The van der Waals surface area contributed by atoms with Gasteiger partial charge in [-0.15, -0.1) is 0 Å². The predicted octanol–water partition coefficient (Wildman–Crippen LogP) is 4.09. The van der Waals surface area contributed by atoms with Gasteiger partial charge in [0.15, 0.2) is 5.78 Å². The second-order valence-electron chi connectivity index (χ2n) is 5.61. The Kier molecular flexibility index (Phi) is 8.06. The van der Waals surface area contributed by atoms with Crippen molar-refractivity contribution in [1.82, 2.24) is 4.90 Å². The lowest BCUT2D eigenvalue weighted by molar-refractivity contribution is 0.0925. The zero-order valence-electron chi connectivity index (χ0n) is 13.9. The largest absolute Gasteiger partial charge is 0.496 e. The van der Waals surface area contributed by atoms with Crippen molar-refractivity contribution in [3.63, 3.8) is 0 Å². The molecular formula is C18H29NO2. The molecule has 1 aromatic rings. The molecule has 0 saturated carbocycles. The Morgan fingerprint density at radius 3 is 2.29 bits per heavy atom. The number of methoxy groups -OCH3 is 1. The third-order valence-corrected chi connectivity index (χ3v) is 3.68. The van der Waals surface area contributed by atoms with E-state index in [-0.39, 0.29) is 5.78 Å². The van der Waals surface area contributed by atoms with E-state index in [2.05, 4.69) is 18.7 Å². The van der Waals surface area contributed by atoms with Crippen LogP contribution < -0.4 is 4.74 Å². The first kappa shape index (κ1) is 17.7. The van der Waals surface area contributed by atoms with Crippen LogP contribution in [0.3, 0.4) is 0 Å². The van der Waals surface area contributed by atoms with Gasteiger partial charge < -0.3 is 4.74 Å². The van der Waals surface area contributed by atoms with Gasteiger partial charge >= 0.3 is 0 Å². The average Bonchev–Trinajstić information content (AvgIpc) is 2.49. The zero-order chi connectivity index (χ0) is 15.7. The van der Waals surface area contributed by atoms with Crippen LogP contribution in [-0.4, -0.2) is 37.4 Å². The number of rotatable bonds is 10. The molecule has 0 N–H and O–H groups in total. The normalized spacial score (nSPS) is 10.9. The van der Waals surface area contributed by atoms with E-state index in [4.69, 9.17) is 4.74 Å². The van der Waals surface area contributed by atoms with Crippen molar-refractivity contribution in [3.05, 3.63) is 29.3 Å². The van der Waals surface area contributed by atoms with Gasteiger partial charge in [0, 0.05) is 0 Å². The smallest absolute Gasteiger partial charge is 0.180 e. The molecular weight excluding hydrogens is 262 g/mol. The number of ketones is 1. The Morgan fingerprint density at radius 1 is 1.14 bits per heavy atom. The lowest BCUT2D eigenvalue weighted by Gasteiger charge is -2.21. The van der Waals surface area contributed by atoms with Crippen LogP contribution in [0.1, 0.15) is 55.5 Å². The fourth-order valence-corrected chi connectivity index (χ4v) is 2.35. The SMILES string of the molecule is CCCCN(CCCC)CC(=O)c1ccc(C)cc1OC. The molecule has 118 valence electrons. The molecule has 1 rings (SSSR count). The summed E-state index contributed by atoms with van der Waals surface area (Å²) in [7, 11) is 1.62. The fraction of sp³-hybridized carbons (Fsp3) is 0.611. The molecule has 0 aliphatic rings. The number of Topliss-reactive ketones (excluding diaryl/α,β-unsaturated/α-hetero) is 1. The highest BCUT2D eigenvalue weighted by Gasteiger charge is 2.16. The van der Waals surface area contributed by atoms with Crippen LogP contribution >= 0.6 is 0 Å². The fourth-order valence-electron chi connectivity index (χ4n) is 2.35. The van der Waals surface area contributed by atoms with Crippen molar-refractivity contribution in [3.8, 4) is 5.75 Å². The van der Waals surface area contributed by atoms with Gasteiger partial charge in [-0.25, -0.2) is 0 Å². The highest BCUT2D eigenvalue weighted by molar-refractivity contribution is 6.00. The van der Waals surface area contributed by atoms with Crippen LogP contribution in [-0.2, 0) is 0 Å². The van der Waals surface area contributed by atoms with E-state index in [1.165, 1.54) is 0 Å². The number of ether oxygens (including phenoxy) is 1. The molecule has 0 bridgehead atoms. The van der Waals surface area contributed by atoms with Crippen LogP contribution in [0.15, 0.2) is 18.2 Å². The van der Waals surface area contributed by atoms with Crippen molar-refractivity contribution in [2.75, 3.05) is 26.7 Å². The molecule has 1 aromatic carbocycles. The Bertz CT molecular complexity index is 435. The van der Waals surface area contributed by atoms with Crippen molar-refractivity contribution in [2.45, 2.75) is 46.5 Å². The van der Waals surface area contributed by atoms with Crippen LogP contribution in [0.25, 0.3) is 0 Å². The molecule has 0 amide bonds. The summed E-state index contributed by atoms with van der Waals surface area (Å²) < 4.78 is 5.35. The van der Waals surface area contributed by atoms with Gasteiger partial charge in [0.05, 0.1) is 19.2 Å². The summed E-state index contributed by atoms with van der Waals surface area (Å²) >= 11 is 0. The number of hydrogen-bond donors (Lipinski definition) is 0. The van der Waals surface area contributed by atoms with E-state index < -0.39 is 0 Å². The quantitative estimate of drug-likeness (QED) is 0.608. The Labute approximate surface area is 129 Å². The molecule has 3 heteroatoms. The van der Waals surface area contributed by atoms with E-state index in [0.717, 1.165) is 44.3 Å². The molecule has 0 saturated heterocycles. The molecule has 0 radical (unpaired) electrons. The van der Waals surface area contributed by atoms with E-state index in [9.17, 15) is 4.79 Å². The number of unbranched alkanes of at least 4 members (excludes halogenated alkanes) is 2. The van der Waals surface area contributed by atoms with Crippen molar-refractivity contribution >= 4 is 5.78 Å². The van der Waals surface area contributed by atoms with Crippen LogP contribution in [0.2, 0.25) is 0 Å². The summed E-state index contributed by atoms with van der Waals surface area (Å²) in [6.07, 6.45) is 4.60. The Hall–Kier alpha value is -1.35. The molecule has 3 nitrogen and oxygen atoms in total. The molecule has 21 heavy (non-hydrogen) atoms. The average molecular weight is 291 g/mol. The second kappa shape index (κ2) is 9.56. The standard InChI is InChI=1S/C18H29NO2/c1-5-7-11-19(12-8-6-2)14-17(20)16-10-9-15(3)13-18(16)21-4/h9-10,13H,5-8,11-12,14H2,1-4H3. The summed E-state index contributed by atoms with van der Waals surface area (Å²) in [6.45, 7) is 8.85. The lowest BCUT2D eigenvalue weighted by atomic mass is 10.1. The van der Waals surface area contributed by atoms with Crippen molar-refractivity contribution in [1.29, 1.82) is 0 Å². The minimum Gasteiger partial charge on any atom is -0.496 e. The highest BCUT2D eigenvalue weighted by atomic mass is 16.5. The van der Waals surface area contributed by atoms with Crippen LogP contribution in [0, 0.1) is 6.92 Å². The molecule has 0 aliphatic heterocycles. The second-order valence-corrected chi connectivity index (χ2v) is 5.61. The minimum atomic E-state index is 0.152. The van der Waals surface area contributed by atoms with Gasteiger partial charge in [-0.2, -0.15) is 0 Å². The van der Waals surface area contributed by atoms with Gasteiger partial charge in [-0.3, -0.25) is 9.69 Å². The number of nitrogens with zero attached hydrogens (tertiary/aromatic N) is 1. The van der Waals surface area contributed by atoms with Gasteiger partial charge in [0.1, 0.15) is 5.75 Å². The summed E-state index contributed by atoms with van der Waals surface area (Å²) in [5, 5.41) is 0. The molecule has 0 spiro atoms.